The number of benzene rings is 2. The largest absolute Gasteiger partial charge is 0.351 e. The number of carbonyl (C=O) groups is 1. The number of hydrogen-bond donors (Lipinski definition) is 1. The summed E-state index contributed by atoms with van der Waals surface area (Å²) in [6.45, 7) is 2.61. The first-order chi connectivity index (χ1) is 9.70. The molecule has 0 saturated heterocycles. The molecular formula is C17H18FNO. The lowest BCUT2D eigenvalue weighted by Gasteiger charge is -2.16. The van der Waals surface area contributed by atoms with Gasteiger partial charge in [-0.15, -0.1) is 0 Å². The third kappa shape index (κ3) is 3.67. The van der Waals surface area contributed by atoms with Crippen molar-refractivity contribution in [3.05, 3.63) is 71.5 Å². The Morgan fingerprint density at radius 3 is 2.35 bits per heavy atom. The van der Waals surface area contributed by atoms with E-state index in [2.05, 4.69) is 12.2 Å². The molecule has 1 atom stereocenters. The lowest BCUT2D eigenvalue weighted by atomic mass is 9.96. The van der Waals surface area contributed by atoms with Crippen LogP contribution in [0.3, 0.4) is 0 Å². The molecule has 1 amide bonds. The van der Waals surface area contributed by atoms with Gasteiger partial charge in [0.2, 0.25) is 0 Å². The minimum absolute atomic E-state index is 0.0776. The van der Waals surface area contributed by atoms with Gasteiger partial charge in [-0.25, -0.2) is 4.39 Å². The van der Waals surface area contributed by atoms with Crippen molar-refractivity contribution in [2.75, 3.05) is 6.54 Å². The Hall–Kier alpha value is -2.16. The zero-order valence-electron chi connectivity index (χ0n) is 11.5. The number of hydrogen-bond acceptors (Lipinski definition) is 1. The van der Waals surface area contributed by atoms with Gasteiger partial charge in [-0.05, 0) is 36.2 Å². The van der Waals surface area contributed by atoms with E-state index in [0.717, 1.165) is 12.0 Å². The fourth-order valence-corrected chi connectivity index (χ4v) is 2.14. The minimum atomic E-state index is -0.239. The van der Waals surface area contributed by atoms with Crippen molar-refractivity contribution in [1.29, 1.82) is 0 Å². The third-order valence-electron chi connectivity index (χ3n) is 3.38. The molecule has 0 spiro atoms. The first-order valence-electron chi connectivity index (χ1n) is 6.79. The van der Waals surface area contributed by atoms with Gasteiger partial charge < -0.3 is 5.32 Å². The van der Waals surface area contributed by atoms with E-state index in [0.29, 0.717) is 12.1 Å². The molecular weight excluding hydrogens is 253 g/mol. The predicted octanol–water partition coefficient (Wildman–Crippen LogP) is 3.75. The van der Waals surface area contributed by atoms with Crippen LogP contribution >= 0.6 is 0 Å². The normalized spacial score (nSPS) is 11.9. The maximum absolute atomic E-state index is 12.9. The highest BCUT2D eigenvalue weighted by atomic mass is 19.1. The van der Waals surface area contributed by atoms with Crippen molar-refractivity contribution in [2.24, 2.45) is 0 Å². The molecule has 0 aliphatic heterocycles. The lowest BCUT2D eigenvalue weighted by molar-refractivity contribution is 0.0951. The summed E-state index contributed by atoms with van der Waals surface area (Å²) in [5, 5.41) is 2.93. The van der Waals surface area contributed by atoms with E-state index in [1.807, 2.05) is 18.2 Å². The quantitative estimate of drug-likeness (QED) is 0.881. The minimum Gasteiger partial charge on any atom is -0.351 e. The van der Waals surface area contributed by atoms with Gasteiger partial charge in [-0.2, -0.15) is 0 Å². The highest BCUT2D eigenvalue weighted by molar-refractivity contribution is 5.94. The van der Waals surface area contributed by atoms with Crippen molar-refractivity contribution in [1.82, 2.24) is 5.32 Å². The van der Waals surface area contributed by atoms with Crippen LogP contribution in [0.25, 0.3) is 0 Å². The first kappa shape index (κ1) is 14.3. The molecule has 2 aromatic carbocycles. The molecule has 1 unspecified atom stereocenters. The molecule has 0 bridgehead atoms. The molecule has 0 radical (unpaired) electrons. The van der Waals surface area contributed by atoms with Crippen LogP contribution in [0.4, 0.5) is 4.39 Å². The van der Waals surface area contributed by atoms with E-state index >= 15 is 0 Å². The van der Waals surface area contributed by atoms with E-state index in [1.165, 1.54) is 12.1 Å². The van der Waals surface area contributed by atoms with Crippen molar-refractivity contribution in [2.45, 2.75) is 19.3 Å². The first-order valence-corrected chi connectivity index (χ1v) is 6.79. The number of amides is 1. The summed E-state index contributed by atoms with van der Waals surface area (Å²) >= 11 is 0. The van der Waals surface area contributed by atoms with Gasteiger partial charge in [0.15, 0.2) is 0 Å². The summed E-state index contributed by atoms with van der Waals surface area (Å²) in [4.78, 5) is 12.0. The van der Waals surface area contributed by atoms with Gasteiger partial charge in [-0.3, -0.25) is 4.79 Å². The second kappa shape index (κ2) is 6.85. The van der Waals surface area contributed by atoms with Gasteiger partial charge in [0.05, 0.1) is 0 Å². The zero-order valence-corrected chi connectivity index (χ0v) is 11.5. The fourth-order valence-electron chi connectivity index (χ4n) is 2.14. The van der Waals surface area contributed by atoms with Crippen LogP contribution in [0.15, 0.2) is 54.6 Å². The van der Waals surface area contributed by atoms with E-state index in [9.17, 15) is 9.18 Å². The Morgan fingerprint density at radius 2 is 1.75 bits per heavy atom. The van der Waals surface area contributed by atoms with Gasteiger partial charge in [0, 0.05) is 18.0 Å². The number of carbonyl (C=O) groups excluding carboxylic acids is 1. The van der Waals surface area contributed by atoms with Gasteiger partial charge in [-0.1, -0.05) is 37.3 Å². The average Bonchev–Trinajstić information content (AvgIpc) is 2.50. The molecule has 0 aliphatic carbocycles. The lowest BCUT2D eigenvalue weighted by Crippen LogP contribution is -2.28. The molecule has 0 heterocycles. The SMILES string of the molecule is CCC(CNC(=O)c1ccccc1)c1ccc(F)cc1. The smallest absolute Gasteiger partial charge is 0.251 e. The summed E-state index contributed by atoms with van der Waals surface area (Å²) in [5.41, 5.74) is 1.70. The topological polar surface area (TPSA) is 29.1 Å². The molecule has 3 heteroatoms. The van der Waals surface area contributed by atoms with Crippen LogP contribution in [0.1, 0.15) is 35.2 Å². The van der Waals surface area contributed by atoms with Crippen LogP contribution in [0.2, 0.25) is 0 Å². The summed E-state index contributed by atoms with van der Waals surface area (Å²) in [5.74, 6) is -0.119. The van der Waals surface area contributed by atoms with Crippen molar-refractivity contribution >= 4 is 5.91 Å². The monoisotopic (exact) mass is 271 g/mol. The van der Waals surface area contributed by atoms with Gasteiger partial charge >= 0.3 is 0 Å². The van der Waals surface area contributed by atoms with E-state index in [1.54, 1.807) is 24.3 Å². The van der Waals surface area contributed by atoms with E-state index in [-0.39, 0.29) is 17.6 Å². The van der Waals surface area contributed by atoms with E-state index < -0.39 is 0 Å². The fraction of sp³-hybridized carbons (Fsp3) is 0.235. The molecule has 0 saturated carbocycles. The van der Waals surface area contributed by atoms with Crippen LogP contribution < -0.4 is 5.32 Å². The number of nitrogens with one attached hydrogen (secondary N) is 1. The Bertz CT molecular complexity index is 551. The molecule has 2 aromatic rings. The standard InChI is InChI=1S/C17H18FNO/c1-2-13(14-8-10-16(18)11-9-14)12-19-17(20)15-6-4-3-5-7-15/h3-11,13H,2,12H2,1H3,(H,19,20). The number of halogens is 1. The molecule has 0 fully saturated rings. The van der Waals surface area contributed by atoms with Crippen LogP contribution in [-0.2, 0) is 0 Å². The molecule has 2 nitrogen and oxygen atoms in total. The summed E-state index contributed by atoms with van der Waals surface area (Å²) in [6.07, 6.45) is 0.890. The number of rotatable bonds is 5. The van der Waals surface area contributed by atoms with Crippen LogP contribution in [-0.4, -0.2) is 12.5 Å². The predicted molar refractivity (Wildman–Crippen MR) is 78.2 cm³/mol. The van der Waals surface area contributed by atoms with Crippen LogP contribution in [0.5, 0.6) is 0 Å². The van der Waals surface area contributed by atoms with Gasteiger partial charge in [0.25, 0.3) is 5.91 Å². The molecule has 2 rings (SSSR count). The molecule has 0 aromatic heterocycles. The Morgan fingerprint density at radius 1 is 1.10 bits per heavy atom. The molecule has 104 valence electrons. The van der Waals surface area contributed by atoms with Crippen LogP contribution in [0, 0.1) is 5.82 Å². The van der Waals surface area contributed by atoms with Crippen molar-refractivity contribution in [3.63, 3.8) is 0 Å². The average molecular weight is 271 g/mol. The van der Waals surface area contributed by atoms with Crippen molar-refractivity contribution in [3.8, 4) is 0 Å². The maximum atomic E-state index is 12.9. The Labute approximate surface area is 118 Å². The van der Waals surface area contributed by atoms with Gasteiger partial charge in [0.1, 0.15) is 5.82 Å². The Kier molecular flexibility index (Phi) is 4.88. The second-order valence-electron chi connectivity index (χ2n) is 4.73. The molecule has 1 N–H and O–H groups in total. The summed E-state index contributed by atoms with van der Waals surface area (Å²) < 4.78 is 12.9. The van der Waals surface area contributed by atoms with E-state index in [4.69, 9.17) is 0 Å². The molecule has 0 aliphatic rings. The highest BCUT2D eigenvalue weighted by Gasteiger charge is 2.12. The maximum Gasteiger partial charge on any atom is 0.251 e. The zero-order chi connectivity index (χ0) is 14.4. The Balaban J connectivity index is 1.97. The summed E-state index contributed by atoms with van der Waals surface area (Å²) in [6, 6.07) is 15.6. The highest BCUT2D eigenvalue weighted by Crippen LogP contribution is 2.19. The summed E-state index contributed by atoms with van der Waals surface area (Å²) in [7, 11) is 0. The molecule has 20 heavy (non-hydrogen) atoms. The second-order valence-corrected chi connectivity index (χ2v) is 4.73. The third-order valence-corrected chi connectivity index (χ3v) is 3.38. The van der Waals surface area contributed by atoms with Crippen molar-refractivity contribution < 1.29 is 9.18 Å².